The average Bonchev–Trinajstić information content (AvgIpc) is 3.43. The Morgan fingerprint density at radius 1 is 0.641 bits per heavy atom. The molecule has 444 valence electrons. The van der Waals surface area contributed by atoms with Gasteiger partial charge in [-0.1, -0.05) is 46.3 Å². The van der Waals surface area contributed by atoms with Crippen LogP contribution in [0.5, 0.6) is 0 Å². The Kier molecular flexibility index (Phi) is 16.6. The number of aliphatic hydroxyl groups is 11. The highest BCUT2D eigenvalue weighted by molar-refractivity contribution is 5.81. The summed E-state index contributed by atoms with van der Waals surface area (Å²) in [5.41, 5.74) is -3.02. The minimum atomic E-state index is -2.07. The molecule has 9 aliphatic rings. The van der Waals surface area contributed by atoms with Gasteiger partial charge in [-0.25, -0.2) is 4.79 Å². The van der Waals surface area contributed by atoms with Crippen molar-refractivity contribution in [3.05, 3.63) is 11.6 Å². The number of ether oxygens (including phenoxy) is 9. The summed E-state index contributed by atoms with van der Waals surface area (Å²) in [7, 11) is 1.34. The predicted molar refractivity (Wildman–Crippen MR) is 262 cm³/mol. The SMILES string of the molecule is COC(=O)[C@@]1(C)CC[C@]2(C(=O)O[C@@H]3O[C@H](CO)[C@@H](O)[C@H](O)[C@H]3O)CC[C@]3(C)C(=CC[C@@H]4[C@@]5(C)CC[C@H](O[C@@H]6O[C@H](C(=O)O)[C@@H](O)[C@H](O[C@@H]7O[C@@H](C)[C@H](O)[C@@H](O)[C@H]7O)[C@H]6O[C@@H]6OC[C@@H](O)[C@H](O)[C@H]6O)C(C)(C)[C@@H]5CC[C@]43C)[C@@H]2C1. The normalized spacial score (nSPS) is 53.0. The molecule has 78 heavy (non-hydrogen) atoms. The zero-order chi connectivity index (χ0) is 57.1. The Morgan fingerprint density at radius 3 is 1.95 bits per heavy atom. The van der Waals surface area contributed by atoms with Gasteiger partial charge in [0.15, 0.2) is 25.0 Å². The molecule has 4 saturated carbocycles. The third-order valence-electron chi connectivity index (χ3n) is 21.4. The number of carbonyl (C=O) groups is 3. The zero-order valence-corrected chi connectivity index (χ0v) is 45.6. The number of hydrogen-bond donors (Lipinski definition) is 12. The minimum absolute atomic E-state index is 0.0370. The van der Waals surface area contributed by atoms with Crippen LogP contribution in [0.15, 0.2) is 11.6 Å². The minimum Gasteiger partial charge on any atom is -0.479 e. The van der Waals surface area contributed by atoms with Crippen LogP contribution in [0.4, 0.5) is 0 Å². The second-order valence-corrected chi connectivity index (χ2v) is 25.7. The summed E-state index contributed by atoms with van der Waals surface area (Å²) in [6.45, 7) is 13.1. The van der Waals surface area contributed by atoms with Crippen molar-refractivity contribution in [3.63, 3.8) is 0 Å². The average molecular weight is 1120 g/mol. The van der Waals surface area contributed by atoms with Crippen LogP contribution in [-0.2, 0) is 57.0 Å². The fourth-order valence-corrected chi connectivity index (χ4v) is 16.4. The molecule has 24 nitrogen and oxygen atoms in total. The summed E-state index contributed by atoms with van der Waals surface area (Å²) >= 11 is 0. The fourth-order valence-electron chi connectivity index (χ4n) is 16.4. The van der Waals surface area contributed by atoms with Gasteiger partial charge in [0.25, 0.3) is 0 Å². The van der Waals surface area contributed by atoms with Crippen LogP contribution in [-0.4, -0.2) is 222 Å². The van der Waals surface area contributed by atoms with Crippen molar-refractivity contribution < 1.29 is 118 Å². The summed E-state index contributed by atoms with van der Waals surface area (Å²) in [6, 6.07) is 0. The lowest BCUT2D eigenvalue weighted by atomic mass is 9.33. The number of allylic oxidation sites excluding steroid dienone is 2. The molecule has 12 N–H and O–H groups in total. The molecule has 4 aliphatic heterocycles. The monoisotopic (exact) mass is 1120 g/mol. The number of aliphatic carboxylic acids is 1. The van der Waals surface area contributed by atoms with Gasteiger partial charge in [-0.15, -0.1) is 0 Å². The predicted octanol–water partition coefficient (Wildman–Crippen LogP) is -1.12. The lowest BCUT2D eigenvalue weighted by molar-refractivity contribution is -0.390. The number of carboxylic acids is 1. The van der Waals surface area contributed by atoms with Gasteiger partial charge in [0, 0.05) is 0 Å². The highest BCUT2D eigenvalue weighted by Gasteiger charge is 2.71. The third kappa shape index (κ3) is 9.49. The number of esters is 2. The van der Waals surface area contributed by atoms with E-state index >= 15 is 0 Å². The maximum Gasteiger partial charge on any atom is 0.335 e. The van der Waals surface area contributed by atoms with E-state index in [9.17, 15) is 75.7 Å². The third-order valence-corrected chi connectivity index (χ3v) is 21.4. The molecular formula is C54H84O24. The van der Waals surface area contributed by atoms with Crippen molar-refractivity contribution in [1.82, 2.24) is 0 Å². The van der Waals surface area contributed by atoms with Gasteiger partial charge in [0.2, 0.25) is 6.29 Å². The molecule has 0 aromatic carbocycles. The second kappa shape index (κ2) is 21.6. The topological polar surface area (TPSA) is 377 Å². The van der Waals surface area contributed by atoms with Gasteiger partial charge in [0.1, 0.15) is 79.4 Å². The van der Waals surface area contributed by atoms with E-state index in [0.717, 1.165) is 12.0 Å². The maximum absolute atomic E-state index is 14.9. The van der Waals surface area contributed by atoms with E-state index in [-0.39, 0.29) is 35.5 Å². The van der Waals surface area contributed by atoms with Crippen LogP contribution in [0.3, 0.4) is 0 Å². The van der Waals surface area contributed by atoms with Crippen molar-refractivity contribution in [2.45, 2.75) is 235 Å². The standard InChI is InChI=1S/C54H84O24/c1-22-30(57)33(60)36(63)44(72-22)75-39-38(65)40(42(66)67)76-46(41(39)77-43-35(62)31(58)25(56)21-71-43)74-29-12-13-51(5)27(49(29,2)3)11-14-53(7)28(51)10-9-23-24-19-50(4,47(68)70-8)15-17-54(24,18-16-52(23,53)6)48(69)78-45-37(64)34(61)32(59)26(20-55)73-45/h9,22,24-41,43-46,55-65H,10-21H2,1-8H3,(H,66,67)/t22-,24-,25+,26+,27-,28+,29-,30-,31-,32+,33+,34-,35+,36+,37+,38-,39-,40-,41+,43-,44-,45-,46+,50-,51-,52+,53+,54-/m0/s1. The summed E-state index contributed by atoms with van der Waals surface area (Å²) in [5.74, 6) is -3.16. The number of fused-ring (bicyclic) bond motifs is 7. The van der Waals surface area contributed by atoms with Crippen molar-refractivity contribution >= 4 is 17.9 Å². The smallest absolute Gasteiger partial charge is 0.335 e. The molecule has 0 spiro atoms. The Morgan fingerprint density at radius 2 is 1.28 bits per heavy atom. The molecule has 24 heteroatoms. The first kappa shape index (κ1) is 60.0. The van der Waals surface area contributed by atoms with Gasteiger partial charge in [-0.2, -0.15) is 0 Å². The molecule has 5 aliphatic carbocycles. The van der Waals surface area contributed by atoms with Crippen LogP contribution in [0, 0.1) is 50.2 Å². The molecule has 0 amide bonds. The van der Waals surface area contributed by atoms with Gasteiger partial charge < -0.3 is 104 Å². The van der Waals surface area contributed by atoms with Gasteiger partial charge in [0.05, 0.1) is 43.4 Å². The molecular weight excluding hydrogens is 1030 g/mol. The van der Waals surface area contributed by atoms with E-state index in [1.54, 1.807) is 0 Å². The van der Waals surface area contributed by atoms with Crippen LogP contribution < -0.4 is 0 Å². The van der Waals surface area contributed by atoms with Crippen LogP contribution in [0.1, 0.15) is 113 Å². The second-order valence-electron chi connectivity index (χ2n) is 25.7. The van der Waals surface area contributed by atoms with Crippen molar-refractivity contribution in [2.24, 2.45) is 50.2 Å². The van der Waals surface area contributed by atoms with E-state index in [1.165, 1.54) is 14.0 Å². The van der Waals surface area contributed by atoms with Crippen molar-refractivity contribution in [3.8, 4) is 0 Å². The Balaban J connectivity index is 1.01. The molecule has 0 bridgehead atoms. The van der Waals surface area contributed by atoms with E-state index in [1.807, 2.05) is 6.92 Å². The van der Waals surface area contributed by atoms with Crippen LogP contribution in [0.2, 0.25) is 0 Å². The molecule has 0 unspecified atom stereocenters. The fraction of sp³-hybridized carbons (Fsp3) is 0.907. The van der Waals surface area contributed by atoms with Gasteiger partial charge in [-0.3, -0.25) is 9.59 Å². The Bertz CT molecular complexity index is 2250. The summed E-state index contributed by atoms with van der Waals surface area (Å²) in [5, 5.41) is 128. The number of methoxy groups -OCH3 is 1. The lowest BCUT2D eigenvalue weighted by Crippen LogP contribution is -2.68. The first-order valence-corrected chi connectivity index (χ1v) is 27.6. The lowest BCUT2D eigenvalue weighted by Gasteiger charge is -2.71. The molecule has 28 atom stereocenters. The zero-order valence-electron chi connectivity index (χ0n) is 45.6. The molecule has 0 radical (unpaired) electrons. The Labute approximate surface area is 452 Å². The largest absolute Gasteiger partial charge is 0.479 e. The van der Waals surface area contributed by atoms with E-state index in [2.05, 4.69) is 40.7 Å². The summed E-state index contributed by atoms with van der Waals surface area (Å²) in [6.07, 6.45) is -26.0. The maximum atomic E-state index is 14.9. The molecule has 0 aromatic rings. The van der Waals surface area contributed by atoms with Crippen molar-refractivity contribution in [1.29, 1.82) is 0 Å². The number of hydrogen-bond acceptors (Lipinski definition) is 23. The van der Waals surface area contributed by atoms with E-state index in [0.29, 0.717) is 44.9 Å². The molecule has 9 rings (SSSR count). The first-order chi connectivity index (χ1) is 36.5. The van der Waals surface area contributed by atoms with E-state index < -0.39 is 182 Å². The van der Waals surface area contributed by atoms with Crippen molar-refractivity contribution in [2.75, 3.05) is 20.3 Å². The molecule has 8 fully saturated rings. The quantitative estimate of drug-likeness (QED) is 0.0662. The number of rotatable bonds is 11. The highest BCUT2D eigenvalue weighted by Crippen LogP contribution is 2.76. The van der Waals surface area contributed by atoms with Gasteiger partial charge >= 0.3 is 17.9 Å². The number of carbonyl (C=O) groups excluding carboxylic acids is 2. The highest BCUT2D eigenvalue weighted by atomic mass is 16.8. The Hall–Kier alpha value is -2.57. The first-order valence-electron chi connectivity index (χ1n) is 27.6. The summed E-state index contributed by atoms with van der Waals surface area (Å²) < 4.78 is 53.6. The number of aliphatic hydroxyl groups excluding tert-OH is 11. The molecule has 0 aromatic heterocycles. The van der Waals surface area contributed by atoms with Gasteiger partial charge in [-0.05, 0) is 117 Å². The van der Waals surface area contributed by atoms with E-state index in [4.69, 9.17) is 42.6 Å². The number of carboxylic acid groups (broad SMARTS) is 1. The summed E-state index contributed by atoms with van der Waals surface area (Å²) in [4.78, 5) is 41.4. The van der Waals surface area contributed by atoms with Crippen LogP contribution >= 0.6 is 0 Å². The molecule has 4 saturated heterocycles. The van der Waals surface area contributed by atoms with Crippen LogP contribution in [0.25, 0.3) is 0 Å². The molecule has 4 heterocycles.